The molecule has 2 aromatic carbocycles. The Morgan fingerprint density at radius 2 is 1.80 bits per heavy atom. The molecule has 4 aromatic rings. The summed E-state index contributed by atoms with van der Waals surface area (Å²) >= 11 is 0. The molecule has 0 spiro atoms. The van der Waals surface area contributed by atoms with Crippen LogP contribution in [-0.4, -0.2) is 35.5 Å². The molecule has 2 aromatic heterocycles. The van der Waals surface area contributed by atoms with Gasteiger partial charge in [-0.05, 0) is 46.8 Å². The van der Waals surface area contributed by atoms with Crippen molar-refractivity contribution in [2.24, 2.45) is 7.05 Å². The fourth-order valence-electron chi connectivity index (χ4n) is 2.89. The minimum atomic E-state index is -4.64. The SMILES string of the molecule is Cn1cc(-c2cc(-c3nnn[nH]3)ccc2C#Cc2ccc(O)cc2C(F)(F)F)cn1. The second-order valence-corrected chi connectivity index (χ2v) is 6.39. The molecule has 0 saturated carbocycles. The number of phenols is 1. The zero-order chi connectivity index (χ0) is 21.3. The van der Waals surface area contributed by atoms with Crippen molar-refractivity contribution in [3.8, 4) is 40.1 Å². The van der Waals surface area contributed by atoms with Crippen molar-refractivity contribution in [2.45, 2.75) is 6.18 Å². The Morgan fingerprint density at radius 1 is 1.03 bits per heavy atom. The van der Waals surface area contributed by atoms with Gasteiger partial charge in [-0.25, -0.2) is 5.10 Å². The number of alkyl halides is 3. The van der Waals surface area contributed by atoms with Gasteiger partial charge in [0.2, 0.25) is 0 Å². The van der Waals surface area contributed by atoms with Gasteiger partial charge in [0.25, 0.3) is 0 Å². The van der Waals surface area contributed by atoms with Gasteiger partial charge < -0.3 is 5.11 Å². The average Bonchev–Trinajstić information content (AvgIpc) is 3.38. The van der Waals surface area contributed by atoms with E-state index in [0.29, 0.717) is 28.6 Å². The number of benzene rings is 2. The van der Waals surface area contributed by atoms with Gasteiger partial charge in [-0.15, -0.1) is 5.10 Å². The van der Waals surface area contributed by atoms with Crippen LogP contribution >= 0.6 is 0 Å². The molecule has 10 heteroatoms. The van der Waals surface area contributed by atoms with Gasteiger partial charge in [0.1, 0.15) is 5.75 Å². The molecular formula is C20H13F3N6O. The van der Waals surface area contributed by atoms with Crippen LogP contribution in [0.25, 0.3) is 22.5 Å². The number of aromatic amines is 1. The fourth-order valence-corrected chi connectivity index (χ4v) is 2.89. The van der Waals surface area contributed by atoms with Crippen molar-refractivity contribution in [1.82, 2.24) is 30.4 Å². The minimum Gasteiger partial charge on any atom is -0.508 e. The quantitative estimate of drug-likeness (QED) is 0.494. The molecule has 7 nitrogen and oxygen atoms in total. The second-order valence-electron chi connectivity index (χ2n) is 6.39. The topological polar surface area (TPSA) is 92.5 Å². The van der Waals surface area contributed by atoms with Crippen molar-refractivity contribution in [1.29, 1.82) is 0 Å². The smallest absolute Gasteiger partial charge is 0.417 e. The van der Waals surface area contributed by atoms with Crippen LogP contribution < -0.4 is 0 Å². The number of aromatic hydroxyl groups is 1. The minimum absolute atomic E-state index is 0.235. The number of hydrogen-bond acceptors (Lipinski definition) is 5. The summed E-state index contributed by atoms with van der Waals surface area (Å²) in [4.78, 5) is 0. The Hall–Kier alpha value is -4.13. The van der Waals surface area contributed by atoms with Gasteiger partial charge in [0.15, 0.2) is 5.82 Å². The zero-order valence-electron chi connectivity index (χ0n) is 15.4. The molecule has 0 amide bonds. The molecule has 0 radical (unpaired) electrons. The Balaban J connectivity index is 1.83. The van der Waals surface area contributed by atoms with E-state index in [0.717, 1.165) is 11.6 Å². The largest absolute Gasteiger partial charge is 0.508 e. The van der Waals surface area contributed by atoms with E-state index >= 15 is 0 Å². The number of aryl methyl sites for hydroxylation is 1. The molecule has 0 bridgehead atoms. The Morgan fingerprint density at radius 3 is 2.47 bits per heavy atom. The van der Waals surface area contributed by atoms with Crippen LogP contribution in [0, 0.1) is 11.8 Å². The maximum atomic E-state index is 13.3. The van der Waals surface area contributed by atoms with E-state index in [-0.39, 0.29) is 5.56 Å². The van der Waals surface area contributed by atoms with E-state index in [1.54, 1.807) is 42.3 Å². The molecule has 0 atom stereocenters. The van der Waals surface area contributed by atoms with Crippen molar-refractivity contribution in [3.05, 3.63) is 65.5 Å². The number of rotatable bonds is 2. The highest BCUT2D eigenvalue weighted by molar-refractivity contribution is 5.76. The lowest BCUT2D eigenvalue weighted by Gasteiger charge is -2.09. The summed E-state index contributed by atoms with van der Waals surface area (Å²) in [6, 6.07) is 8.15. The van der Waals surface area contributed by atoms with Gasteiger partial charge >= 0.3 is 6.18 Å². The molecule has 30 heavy (non-hydrogen) atoms. The molecule has 0 aliphatic heterocycles. The summed E-state index contributed by atoms with van der Waals surface area (Å²) in [5.74, 6) is 5.35. The molecule has 2 N–H and O–H groups in total. The van der Waals surface area contributed by atoms with Crippen molar-refractivity contribution in [3.63, 3.8) is 0 Å². The zero-order valence-corrected chi connectivity index (χ0v) is 15.4. The third-order valence-corrected chi connectivity index (χ3v) is 4.29. The predicted molar refractivity (Wildman–Crippen MR) is 101 cm³/mol. The maximum absolute atomic E-state index is 13.3. The number of aromatic nitrogens is 6. The monoisotopic (exact) mass is 410 g/mol. The lowest BCUT2D eigenvalue weighted by Crippen LogP contribution is -2.07. The van der Waals surface area contributed by atoms with Crippen molar-refractivity contribution < 1.29 is 18.3 Å². The van der Waals surface area contributed by atoms with E-state index in [1.807, 2.05) is 0 Å². The lowest BCUT2D eigenvalue weighted by molar-refractivity contribution is -0.137. The van der Waals surface area contributed by atoms with E-state index in [4.69, 9.17) is 0 Å². The molecule has 0 aliphatic rings. The number of halogens is 3. The van der Waals surface area contributed by atoms with Crippen molar-refractivity contribution >= 4 is 0 Å². The number of nitrogens with zero attached hydrogens (tertiary/aromatic N) is 5. The first-order valence-electron chi connectivity index (χ1n) is 8.60. The highest BCUT2D eigenvalue weighted by Crippen LogP contribution is 2.34. The van der Waals surface area contributed by atoms with Crippen LogP contribution in [0.5, 0.6) is 5.75 Å². The van der Waals surface area contributed by atoms with Gasteiger partial charge in [-0.3, -0.25) is 4.68 Å². The van der Waals surface area contributed by atoms with Gasteiger partial charge in [0, 0.05) is 41.1 Å². The first kappa shape index (κ1) is 19.2. The highest BCUT2D eigenvalue weighted by Gasteiger charge is 2.33. The third-order valence-electron chi connectivity index (χ3n) is 4.29. The molecular weight excluding hydrogens is 397 g/mol. The van der Waals surface area contributed by atoms with E-state index in [1.165, 1.54) is 6.07 Å². The molecule has 150 valence electrons. The second kappa shape index (κ2) is 7.36. The molecule has 0 saturated heterocycles. The van der Waals surface area contributed by atoms with Crippen LogP contribution in [0.15, 0.2) is 48.8 Å². The molecule has 0 aliphatic carbocycles. The first-order valence-corrected chi connectivity index (χ1v) is 8.60. The summed E-state index contributed by atoms with van der Waals surface area (Å²) in [5, 5.41) is 27.2. The lowest BCUT2D eigenvalue weighted by atomic mass is 9.98. The summed E-state index contributed by atoms with van der Waals surface area (Å²) in [7, 11) is 1.76. The molecule has 4 rings (SSSR count). The summed E-state index contributed by atoms with van der Waals surface area (Å²) in [5.41, 5.74) is 1.35. The summed E-state index contributed by atoms with van der Waals surface area (Å²) in [6.45, 7) is 0. The van der Waals surface area contributed by atoms with Gasteiger partial charge in [-0.2, -0.15) is 18.3 Å². The van der Waals surface area contributed by atoms with E-state index < -0.39 is 17.5 Å². The predicted octanol–water partition coefficient (Wildman–Crippen LogP) is 3.39. The third kappa shape index (κ3) is 3.86. The number of hydrogen-bond donors (Lipinski definition) is 2. The molecule has 2 heterocycles. The normalized spacial score (nSPS) is 11.2. The Bertz CT molecular complexity index is 1270. The van der Waals surface area contributed by atoms with Crippen LogP contribution in [0.1, 0.15) is 16.7 Å². The number of H-pyrrole nitrogens is 1. The van der Waals surface area contributed by atoms with E-state index in [2.05, 4.69) is 37.6 Å². The van der Waals surface area contributed by atoms with Crippen LogP contribution in [-0.2, 0) is 13.2 Å². The van der Waals surface area contributed by atoms with Crippen molar-refractivity contribution in [2.75, 3.05) is 0 Å². The molecule has 0 unspecified atom stereocenters. The number of tetrazole rings is 1. The number of nitrogens with one attached hydrogen (secondary N) is 1. The maximum Gasteiger partial charge on any atom is 0.417 e. The van der Waals surface area contributed by atoms with Crippen LogP contribution in [0.2, 0.25) is 0 Å². The number of phenolic OH excluding ortho intramolecular Hbond substituents is 1. The Kier molecular flexibility index (Phi) is 4.71. The Labute approximate surface area is 168 Å². The molecule has 0 fully saturated rings. The van der Waals surface area contributed by atoms with Gasteiger partial charge in [-0.1, -0.05) is 11.8 Å². The van der Waals surface area contributed by atoms with E-state index in [9.17, 15) is 18.3 Å². The standard InChI is InChI=1S/C20H13F3N6O/c1-29-11-15(10-24-29)17-8-14(19-25-27-28-26-19)5-3-12(17)2-4-13-6-7-16(30)9-18(13)20(21,22)23/h3,5-11,30H,1H3,(H,25,26,27,28). The highest BCUT2D eigenvalue weighted by atomic mass is 19.4. The first-order chi connectivity index (χ1) is 14.3. The van der Waals surface area contributed by atoms with Crippen LogP contribution in [0.4, 0.5) is 13.2 Å². The fraction of sp³-hybridized carbons (Fsp3) is 0.100. The summed E-state index contributed by atoms with van der Waals surface area (Å²) in [6.07, 6.45) is -1.24. The summed E-state index contributed by atoms with van der Waals surface area (Å²) < 4.78 is 41.5. The average molecular weight is 410 g/mol. The van der Waals surface area contributed by atoms with Crippen LogP contribution in [0.3, 0.4) is 0 Å². The van der Waals surface area contributed by atoms with Gasteiger partial charge in [0.05, 0.1) is 11.8 Å².